The van der Waals surface area contributed by atoms with E-state index in [0.717, 1.165) is 0 Å². The maximum atomic E-state index is 14.9. The van der Waals surface area contributed by atoms with Crippen LogP contribution in [-0.4, -0.2) is 0 Å². The second-order valence-electron chi connectivity index (χ2n) is 13.7. The van der Waals surface area contributed by atoms with E-state index in [2.05, 4.69) is 0 Å². The first kappa shape index (κ1) is 56.9. The van der Waals surface area contributed by atoms with Gasteiger partial charge in [0, 0.05) is 17.1 Å². The fourth-order valence-corrected chi connectivity index (χ4v) is 13.0. The summed E-state index contributed by atoms with van der Waals surface area (Å²) in [7, 11) is -9.01. The van der Waals surface area contributed by atoms with Gasteiger partial charge in [-0.15, -0.1) is 10.6 Å². The van der Waals surface area contributed by atoms with E-state index in [4.69, 9.17) is 0 Å². The second kappa shape index (κ2) is 19.8. The van der Waals surface area contributed by atoms with Gasteiger partial charge in [0.15, 0.2) is 0 Å². The van der Waals surface area contributed by atoms with Crippen molar-refractivity contribution in [3.63, 3.8) is 0 Å². The van der Waals surface area contributed by atoms with Crippen LogP contribution in [0.2, 0.25) is 0 Å². The molecule has 6 rings (SSSR count). The number of benzene rings is 4. The first-order valence-electron chi connectivity index (χ1n) is 18.0. The third-order valence-corrected chi connectivity index (χ3v) is 14.6. The normalized spacial score (nSPS) is 13.4. The minimum Gasteiger partial charge on any atom is -0.748 e. The van der Waals surface area contributed by atoms with Gasteiger partial charge in [-0.05, 0) is 53.4 Å². The van der Waals surface area contributed by atoms with Gasteiger partial charge in [0.25, 0.3) is 0 Å². The van der Waals surface area contributed by atoms with Crippen molar-refractivity contribution in [3.05, 3.63) is 166 Å². The Morgan fingerprint density at radius 2 is 0.551 bits per heavy atom. The molecule has 0 aromatic heterocycles. The molecule has 0 atom stereocenters. The minimum absolute atomic E-state index is 0. The van der Waals surface area contributed by atoms with Gasteiger partial charge in [0.1, 0.15) is 0 Å². The van der Waals surface area contributed by atoms with E-state index < -0.39 is 142 Å². The molecule has 6 aromatic carbocycles. The van der Waals surface area contributed by atoms with Crippen molar-refractivity contribution in [2.24, 2.45) is 0 Å². The third kappa shape index (κ3) is 12.4. The van der Waals surface area contributed by atoms with Crippen LogP contribution in [0.1, 0.15) is 44.5 Å². The summed E-state index contributed by atoms with van der Waals surface area (Å²) >= 11 is 0. The quantitative estimate of drug-likeness (QED) is 0.0675. The van der Waals surface area contributed by atoms with E-state index in [9.17, 15) is 105 Å². The van der Waals surface area contributed by atoms with Crippen LogP contribution in [0.15, 0.2) is 121 Å². The van der Waals surface area contributed by atoms with Crippen molar-refractivity contribution in [2.75, 3.05) is 0 Å². The predicted octanol–water partition coefficient (Wildman–Crippen LogP) is 14.5. The predicted molar refractivity (Wildman–Crippen MR) is 201 cm³/mol. The van der Waals surface area contributed by atoms with Crippen LogP contribution in [0.5, 0.6) is 0 Å². The molecule has 0 saturated carbocycles. The minimum atomic E-state index is -6.35. The Morgan fingerprint density at radius 1 is 0.304 bits per heavy atom. The molecule has 69 heavy (non-hydrogen) atoms. The molecule has 0 aliphatic heterocycles. The zero-order valence-electron chi connectivity index (χ0n) is 32.9. The SMILES string of the molecule is FC(F)(F)c1cccc(P(c2cccc(C(F)(F)F)c2C(F)(F)F)c2ccc[c-]2P(c2cccc(C(F)(F)F)c2C(F)(F)F)c2cccc(C(F)(F)F)c2C(F)(F)F)c1C(F)(F)F.[Fe].[cH-]1[cH-][cH-][cH-][cH-]1. The first-order chi connectivity index (χ1) is 30.9. The van der Waals surface area contributed by atoms with Crippen LogP contribution in [-0.2, 0) is 66.5 Å². The Kier molecular flexibility index (Phi) is 16.3. The Hall–Kier alpha value is -4.72. The average molecular weight is 1100 g/mol. The van der Waals surface area contributed by atoms with Gasteiger partial charge in [-0.3, -0.25) is 0 Å². The van der Waals surface area contributed by atoms with Gasteiger partial charge in [-0.2, -0.15) is 111 Å². The van der Waals surface area contributed by atoms with Crippen LogP contribution in [0.25, 0.3) is 0 Å². The third-order valence-electron chi connectivity index (χ3n) is 9.30. The number of hydrogen-bond acceptors (Lipinski definition) is 0. The molecule has 0 N–H and O–H groups in total. The Labute approximate surface area is 384 Å². The second-order valence-corrected chi connectivity index (χ2v) is 17.9. The smallest absolute Gasteiger partial charge is 0.417 e. The van der Waals surface area contributed by atoms with Gasteiger partial charge in [0.05, 0.1) is 44.5 Å². The molecular weight excluding hydrogens is 1080 g/mol. The van der Waals surface area contributed by atoms with E-state index >= 15 is 0 Å². The summed E-state index contributed by atoms with van der Waals surface area (Å²) in [5.74, 6) is 0. The molecule has 0 bridgehead atoms. The molecule has 0 aliphatic carbocycles. The van der Waals surface area contributed by atoms with Crippen molar-refractivity contribution >= 4 is 47.7 Å². The van der Waals surface area contributed by atoms with E-state index in [1.165, 1.54) is 0 Å². The van der Waals surface area contributed by atoms with Gasteiger partial charge >= 0.3 is 49.4 Å². The Morgan fingerprint density at radius 3 is 0.797 bits per heavy atom. The number of alkyl halides is 24. The maximum Gasteiger partial charge on any atom is 0.417 e. The summed E-state index contributed by atoms with van der Waals surface area (Å²) in [6.07, 6.45) is -49.8. The van der Waals surface area contributed by atoms with Crippen LogP contribution in [0.3, 0.4) is 0 Å². The van der Waals surface area contributed by atoms with E-state index in [1.807, 2.05) is 30.3 Å². The van der Waals surface area contributed by atoms with Crippen LogP contribution in [0.4, 0.5) is 105 Å². The molecule has 0 nitrogen and oxygen atoms in total. The molecule has 27 heteroatoms. The molecule has 0 aliphatic rings. The molecule has 6 aromatic rings. The van der Waals surface area contributed by atoms with Gasteiger partial charge in [-0.1, -0.05) is 56.5 Å². The molecule has 0 radical (unpaired) electrons. The molecule has 0 heterocycles. The summed E-state index contributed by atoms with van der Waals surface area (Å²) in [5.41, 5.74) is -22.6. The summed E-state index contributed by atoms with van der Waals surface area (Å²) in [4.78, 5) is 0. The van der Waals surface area contributed by atoms with Crippen molar-refractivity contribution in [3.8, 4) is 0 Å². The van der Waals surface area contributed by atoms with Crippen molar-refractivity contribution in [1.29, 1.82) is 0 Å². The monoisotopic (exact) mass is 1100 g/mol. The summed E-state index contributed by atoms with van der Waals surface area (Å²) in [5, 5.41) is -11.1. The first-order valence-corrected chi connectivity index (χ1v) is 20.7. The zero-order chi connectivity index (χ0) is 51.4. The van der Waals surface area contributed by atoms with E-state index in [0.29, 0.717) is 6.07 Å². The van der Waals surface area contributed by atoms with Crippen LogP contribution < -0.4 is 31.8 Å². The maximum absolute atomic E-state index is 14.9. The molecule has 0 fully saturated rings. The van der Waals surface area contributed by atoms with Gasteiger partial charge < -0.3 is 30.3 Å². The number of hydrogen-bond donors (Lipinski definition) is 0. The summed E-state index contributed by atoms with van der Waals surface area (Å²) < 4.78 is 350. The van der Waals surface area contributed by atoms with E-state index in [-0.39, 0.29) is 102 Å². The molecule has 0 unspecified atom stereocenters. The van der Waals surface area contributed by atoms with Gasteiger partial charge in [0.2, 0.25) is 0 Å². The summed E-state index contributed by atoms with van der Waals surface area (Å²) in [6, 6.07) is 10.2. The fraction of sp³-hybridized carbons (Fsp3) is 0.190. The van der Waals surface area contributed by atoms with Crippen LogP contribution >= 0.6 is 15.8 Å². The largest absolute Gasteiger partial charge is 0.748 e. The number of rotatable bonds is 6. The fourth-order valence-electron chi connectivity index (χ4n) is 6.92. The molecule has 380 valence electrons. The standard InChI is InChI=1S/C37H15F24P2.C5H5.Fe/c38-30(39,40)16-6-1-12-22(26(16)34(50,51)52)62(23-13-2-7-17(31(41,42)43)27(23)35(53,54)55)20-10-5-11-21(20)63(24-14-3-8-18(32(44,45)46)28(24)36(56,57)58)25-15-4-9-19(33(47,48)49)29(25)37(59,60)61;1-2-4-5-3-1;/h1-15H;1-5H;/q-1;-5;. The Bertz CT molecular complexity index is 2350. The molecular formula is C42H20F24FeP2-6. The Balaban J connectivity index is 0.00000162. The molecule has 0 amide bonds. The topological polar surface area (TPSA) is 0 Å². The van der Waals surface area contributed by atoms with Crippen LogP contribution in [0, 0.1) is 0 Å². The zero-order valence-corrected chi connectivity index (χ0v) is 35.8. The molecule has 0 spiro atoms. The molecule has 0 saturated heterocycles. The van der Waals surface area contributed by atoms with Crippen molar-refractivity contribution < 1.29 is 122 Å². The van der Waals surface area contributed by atoms with Gasteiger partial charge in [-0.25, -0.2) is 12.1 Å². The summed E-state index contributed by atoms with van der Waals surface area (Å²) in [6.45, 7) is 0. The number of halogens is 24. The average Bonchev–Trinajstić information content (AvgIpc) is 3.92. The van der Waals surface area contributed by atoms with Crippen molar-refractivity contribution in [1.82, 2.24) is 0 Å². The van der Waals surface area contributed by atoms with E-state index in [1.54, 1.807) is 0 Å². The van der Waals surface area contributed by atoms with Crippen molar-refractivity contribution in [2.45, 2.75) is 49.4 Å².